The number of phenols is 1. The molecule has 0 radical (unpaired) electrons. The van der Waals surface area contributed by atoms with E-state index in [2.05, 4.69) is 50.4 Å². The minimum atomic E-state index is 0.216. The van der Waals surface area contributed by atoms with E-state index in [-0.39, 0.29) is 6.04 Å². The number of aryl methyl sites for hydroxylation is 1. The topological polar surface area (TPSA) is 72.2 Å². The number of guanidine groups is 1. The van der Waals surface area contributed by atoms with E-state index in [4.69, 9.17) is 0 Å². The van der Waals surface area contributed by atoms with Gasteiger partial charge in [-0.25, -0.2) is 0 Å². The second kappa shape index (κ2) is 8.97. The van der Waals surface area contributed by atoms with Crippen LogP contribution in [0.4, 0.5) is 5.69 Å². The van der Waals surface area contributed by atoms with Crippen molar-refractivity contribution in [3.05, 3.63) is 42.2 Å². The highest BCUT2D eigenvalue weighted by atomic mass is 16.3. The average Bonchev–Trinajstić information content (AvgIpc) is 3.11. The van der Waals surface area contributed by atoms with Crippen molar-refractivity contribution >= 4 is 11.6 Å². The summed E-state index contributed by atoms with van der Waals surface area (Å²) >= 11 is 0. The summed E-state index contributed by atoms with van der Waals surface area (Å²) in [6, 6.07) is 7.73. The second-order valence-electron chi connectivity index (χ2n) is 7.32. The number of rotatable bonds is 5. The predicted molar refractivity (Wildman–Crippen MR) is 113 cm³/mol. The molecular weight excluding hydrogens is 354 g/mol. The number of phenolic OH excluding ortho intramolecular Hbond substituents is 1. The van der Waals surface area contributed by atoms with Crippen molar-refractivity contribution in [1.29, 1.82) is 0 Å². The molecule has 0 spiro atoms. The summed E-state index contributed by atoms with van der Waals surface area (Å²) in [6.07, 6.45) is 3.97. The minimum Gasteiger partial charge on any atom is -0.506 e. The van der Waals surface area contributed by atoms with E-state index < -0.39 is 0 Å². The van der Waals surface area contributed by atoms with Crippen LogP contribution < -0.4 is 10.2 Å². The molecule has 2 N–H and O–H groups in total. The Bertz CT molecular complexity index is 793. The number of nitrogens with zero attached hydrogens (tertiary/aromatic N) is 6. The van der Waals surface area contributed by atoms with Crippen LogP contribution in [0.15, 0.2) is 41.7 Å². The maximum atomic E-state index is 10.1. The third-order valence-electron chi connectivity index (χ3n) is 5.20. The molecule has 2 heterocycles. The molecular formula is C20H31N7O. The number of aromatic nitrogens is 2. The van der Waals surface area contributed by atoms with E-state index in [9.17, 15) is 5.11 Å². The van der Waals surface area contributed by atoms with Gasteiger partial charge in [-0.15, -0.1) is 0 Å². The summed E-state index contributed by atoms with van der Waals surface area (Å²) in [5.41, 5.74) is 2.08. The summed E-state index contributed by atoms with van der Waals surface area (Å²) in [7, 11) is 7.92. The van der Waals surface area contributed by atoms with Crippen molar-refractivity contribution in [2.75, 3.05) is 58.8 Å². The van der Waals surface area contributed by atoms with Gasteiger partial charge in [-0.2, -0.15) is 5.10 Å². The fourth-order valence-corrected chi connectivity index (χ4v) is 3.62. The lowest BCUT2D eigenvalue weighted by Crippen LogP contribution is -2.53. The van der Waals surface area contributed by atoms with Crippen LogP contribution in [0.2, 0.25) is 0 Å². The zero-order chi connectivity index (χ0) is 20.1. The lowest BCUT2D eigenvalue weighted by Gasteiger charge is -2.38. The summed E-state index contributed by atoms with van der Waals surface area (Å²) < 4.78 is 1.83. The minimum absolute atomic E-state index is 0.216. The molecule has 0 amide bonds. The molecule has 8 nitrogen and oxygen atoms in total. The van der Waals surface area contributed by atoms with Crippen molar-refractivity contribution in [1.82, 2.24) is 24.9 Å². The normalized spacial score (nSPS) is 16.5. The summed E-state index contributed by atoms with van der Waals surface area (Å²) in [4.78, 5) is 11.2. The first kappa shape index (κ1) is 20.0. The molecule has 152 valence electrons. The van der Waals surface area contributed by atoms with E-state index in [1.165, 1.54) is 5.56 Å². The lowest BCUT2D eigenvalue weighted by atomic mass is 10.1. The van der Waals surface area contributed by atoms with E-state index in [0.29, 0.717) is 5.75 Å². The molecule has 1 fully saturated rings. The van der Waals surface area contributed by atoms with Crippen molar-refractivity contribution in [3.8, 4) is 5.75 Å². The van der Waals surface area contributed by atoms with Crippen LogP contribution in [0.1, 0.15) is 11.6 Å². The first-order valence-corrected chi connectivity index (χ1v) is 9.63. The molecule has 1 aliphatic heterocycles. The van der Waals surface area contributed by atoms with Crippen LogP contribution in [0.5, 0.6) is 5.75 Å². The number of aliphatic imine (C=N–C) groups is 1. The van der Waals surface area contributed by atoms with Gasteiger partial charge in [-0.05, 0) is 26.2 Å². The zero-order valence-electron chi connectivity index (χ0n) is 17.2. The lowest BCUT2D eigenvalue weighted by molar-refractivity contribution is 0.292. The van der Waals surface area contributed by atoms with E-state index in [1.807, 2.05) is 43.2 Å². The van der Waals surface area contributed by atoms with Crippen LogP contribution in [0.25, 0.3) is 0 Å². The Labute approximate surface area is 167 Å². The number of benzene rings is 1. The fraction of sp³-hybridized carbons (Fsp3) is 0.500. The highest BCUT2D eigenvalue weighted by Gasteiger charge is 2.23. The Morgan fingerprint density at radius 2 is 1.96 bits per heavy atom. The third-order valence-corrected chi connectivity index (χ3v) is 5.20. The van der Waals surface area contributed by atoms with Crippen LogP contribution in [0, 0.1) is 0 Å². The van der Waals surface area contributed by atoms with E-state index >= 15 is 0 Å². The molecule has 1 saturated heterocycles. The number of piperazine rings is 1. The highest BCUT2D eigenvalue weighted by Crippen LogP contribution is 2.27. The Hall–Kier alpha value is -2.74. The molecule has 0 aliphatic carbocycles. The number of hydrogen-bond acceptors (Lipinski definition) is 5. The maximum Gasteiger partial charge on any atom is 0.193 e. The van der Waals surface area contributed by atoms with Crippen molar-refractivity contribution < 1.29 is 5.11 Å². The number of aromatic hydroxyl groups is 1. The Balaban J connectivity index is 1.58. The molecule has 1 aromatic heterocycles. The number of para-hydroxylation sites is 2. The monoisotopic (exact) mass is 385 g/mol. The van der Waals surface area contributed by atoms with Gasteiger partial charge in [0.1, 0.15) is 5.75 Å². The number of likely N-dealkylation sites (N-methyl/N-ethyl adjacent to an activating group) is 1. The Kier molecular flexibility index (Phi) is 6.41. The van der Waals surface area contributed by atoms with Crippen molar-refractivity contribution in [2.24, 2.45) is 12.0 Å². The predicted octanol–water partition coefficient (Wildman–Crippen LogP) is 1.13. The quantitative estimate of drug-likeness (QED) is 0.594. The SMILES string of the molecule is CN=C(NCC(c1cnn(C)c1)N(C)C)N1CCN(c2ccccc2O)CC1. The molecule has 28 heavy (non-hydrogen) atoms. The summed E-state index contributed by atoms with van der Waals surface area (Å²) in [6.45, 7) is 4.15. The number of anilines is 1. The number of hydrogen-bond donors (Lipinski definition) is 2. The molecule has 0 saturated carbocycles. The van der Waals surface area contributed by atoms with Gasteiger partial charge in [0.25, 0.3) is 0 Å². The molecule has 3 rings (SSSR count). The standard InChI is InChI=1S/C20H31N7O/c1-21-20(22-14-18(24(2)3)16-13-23-25(4)15-16)27-11-9-26(10-12-27)17-7-5-6-8-19(17)28/h5-8,13,15,18,28H,9-12,14H2,1-4H3,(H,21,22). The van der Waals surface area contributed by atoms with Gasteiger partial charge in [0.15, 0.2) is 5.96 Å². The van der Waals surface area contributed by atoms with Crippen molar-refractivity contribution in [3.63, 3.8) is 0 Å². The molecule has 1 aliphatic rings. The Morgan fingerprint density at radius 1 is 1.25 bits per heavy atom. The molecule has 0 bridgehead atoms. The summed E-state index contributed by atoms with van der Waals surface area (Å²) in [5, 5.41) is 17.9. The van der Waals surface area contributed by atoms with Crippen LogP contribution in [-0.2, 0) is 7.05 Å². The Morgan fingerprint density at radius 3 is 2.54 bits per heavy atom. The van der Waals surface area contributed by atoms with Crippen LogP contribution >= 0.6 is 0 Å². The van der Waals surface area contributed by atoms with Gasteiger partial charge >= 0.3 is 0 Å². The molecule has 8 heteroatoms. The maximum absolute atomic E-state index is 10.1. The fourth-order valence-electron chi connectivity index (χ4n) is 3.62. The van der Waals surface area contributed by atoms with E-state index in [1.54, 1.807) is 6.07 Å². The highest BCUT2D eigenvalue weighted by molar-refractivity contribution is 5.80. The van der Waals surface area contributed by atoms with Crippen LogP contribution in [-0.4, -0.2) is 84.5 Å². The van der Waals surface area contributed by atoms with Crippen molar-refractivity contribution in [2.45, 2.75) is 6.04 Å². The smallest absolute Gasteiger partial charge is 0.193 e. The van der Waals surface area contributed by atoms with Gasteiger partial charge < -0.3 is 25.1 Å². The third kappa shape index (κ3) is 4.56. The number of nitrogens with one attached hydrogen (secondary N) is 1. The van der Waals surface area contributed by atoms with Gasteiger partial charge in [0.05, 0.1) is 17.9 Å². The first-order chi connectivity index (χ1) is 13.5. The van der Waals surface area contributed by atoms with Gasteiger partial charge in [0, 0.05) is 58.6 Å². The van der Waals surface area contributed by atoms with Gasteiger partial charge in [0.2, 0.25) is 0 Å². The molecule has 1 aromatic carbocycles. The summed E-state index contributed by atoms with van der Waals surface area (Å²) in [5.74, 6) is 1.25. The molecule has 2 aromatic rings. The van der Waals surface area contributed by atoms with Crippen LogP contribution in [0.3, 0.4) is 0 Å². The van der Waals surface area contributed by atoms with Gasteiger partial charge in [-0.1, -0.05) is 12.1 Å². The average molecular weight is 386 g/mol. The second-order valence-corrected chi connectivity index (χ2v) is 7.32. The molecule has 1 unspecified atom stereocenters. The zero-order valence-corrected chi connectivity index (χ0v) is 17.2. The van der Waals surface area contributed by atoms with E-state index in [0.717, 1.165) is 44.4 Å². The molecule has 1 atom stereocenters. The first-order valence-electron chi connectivity index (χ1n) is 9.63. The largest absolute Gasteiger partial charge is 0.506 e. The van der Waals surface area contributed by atoms with Gasteiger partial charge in [-0.3, -0.25) is 9.67 Å².